The molecule has 0 N–H and O–H groups in total. The molecule has 4 aromatic carbocycles. The van der Waals surface area contributed by atoms with Crippen LogP contribution in [0, 0.1) is 25.5 Å². The van der Waals surface area contributed by atoms with Gasteiger partial charge in [-0.2, -0.15) is 60.7 Å². The Hall–Kier alpha value is -5.90. The molecule has 0 atom stereocenters. The van der Waals surface area contributed by atoms with E-state index >= 15 is 0 Å². The van der Waals surface area contributed by atoms with Crippen molar-refractivity contribution in [2.24, 2.45) is 0 Å². The van der Waals surface area contributed by atoms with E-state index in [0.29, 0.717) is 10.3 Å². The Labute approximate surface area is 396 Å². The van der Waals surface area contributed by atoms with Crippen molar-refractivity contribution in [2.45, 2.75) is 0 Å². The van der Waals surface area contributed by atoms with Gasteiger partial charge in [0.1, 0.15) is 23.3 Å². The molecule has 0 radical (unpaired) electrons. The number of fused-ring (bicyclic) bond motifs is 8. The van der Waals surface area contributed by atoms with Gasteiger partial charge in [-0.1, -0.05) is 83.9 Å². The van der Waals surface area contributed by atoms with Gasteiger partial charge in [-0.3, -0.25) is 0 Å². The van der Waals surface area contributed by atoms with Crippen molar-refractivity contribution >= 4 is 102 Å². The third-order valence-electron chi connectivity index (χ3n) is 9.45. The monoisotopic (exact) mass is 1210 g/mol. The zero-order valence-corrected chi connectivity index (χ0v) is 38.8. The number of hydrogen-bond acceptors (Lipinski definition) is 10. The van der Waals surface area contributed by atoms with Gasteiger partial charge in [0.25, 0.3) is 0 Å². The molecule has 62 heavy (non-hydrogen) atoms. The number of nitrogens with zero attached hydrogens (tertiary/aromatic N) is 12. The molecular formula is C46H32Cl2N12Pt2-6. The molecule has 316 valence electrons. The van der Waals surface area contributed by atoms with Crippen LogP contribution in [0.4, 0.5) is 34.6 Å². The summed E-state index contributed by atoms with van der Waals surface area (Å²) in [7, 11) is 3.91. The maximum absolute atomic E-state index is 5.80. The van der Waals surface area contributed by atoms with E-state index in [9.17, 15) is 0 Å². The second-order valence-corrected chi connectivity index (χ2v) is 14.1. The van der Waals surface area contributed by atoms with Crippen molar-refractivity contribution in [3.05, 3.63) is 182 Å². The van der Waals surface area contributed by atoms with E-state index in [4.69, 9.17) is 23.2 Å². The van der Waals surface area contributed by atoms with Gasteiger partial charge in [0.2, 0.25) is 0 Å². The van der Waals surface area contributed by atoms with Gasteiger partial charge < -0.3 is 39.5 Å². The van der Waals surface area contributed by atoms with E-state index < -0.39 is 0 Å². The van der Waals surface area contributed by atoms with Crippen molar-refractivity contribution < 1.29 is 42.1 Å². The Balaban J connectivity index is 0.000000123. The zero-order chi connectivity index (χ0) is 41.0. The van der Waals surface area contributed by atoms with E-state index in [1.807, 2.05) is 156 Å². The minimum Gasteiger partial charge on any atom is -0.487 e. The summed E-state index contributed by atoms with van der Waals surface area (Å²) in [5.41, 5.74) is 5.31. The zero-order valence-electron chi connectivity index (χ0n) is 32.8. The first-order valence-electron chi connectivity index (χ1n) is 18.7. The molecule has 0 unspecified atom stereocenters. The number of hydrogen-bond donors (Lipinski definition) is 0. The van der Waals surface area contributed by atoms with Crippen LogP contribution in [0.5, 0.6) is 0 Å². The van der Waals surface area contributed by atoms with Crippen molar-refractivity contribution in [3.8, 4) is 0 Å². The van der Waals surface area contributed by atoms with E-state index in [2.05, 4.69) is 52.0 Å². The molecule has 0 amide bonds. The maximum atomic E-state index is 5.80. The number of rotatable bonds is 2. The molecule has 12 nitrogen and oxygen atoms in total. The first kappa shape index (κ1) is 44.2. The van der Waals surface area contributed by atoms with Crippen molar-refractivity contribution in [2.75, 3.05) is 33.7 Å². The molecule has 2 aliphatic rings. The van der Waals surface area contributed by atoms with Crippen molar-refractivity contribution in [1.82, 2.24) is 39.9 Å². The largest absolute Gasteiger partial charge is 0.487 e. The number of benzene rings is 4. The van der Waals surface area contributed by atoms with Gasteiger partial charge in [-0.25, -0.2) is 19.9 Å². The molecule has 8 heterocycles. The SMILES string of the molecule is CN1[CH-]N(c2[c-]cccc2)c2nccnc21.CN1[CH-]N(c2[c-]cccc2)c2nccnc21.Clc1ccc2c(n1)[n-]c1ccccc12.Clc1ccc2c(n1)[n-]c1ccccc12.[Pt].[Pt]. The second kappa shape index (κ2) is 19.9. The van der Waals surface area contributed by atoms with Crippen LogP contribution >= 0.6 is 23.2 Å². The molecular weight excluding hydrogens is 1180 g/mol. The fraction of sp³-hybridized carbons (Fsp3) is 0.0435. The summed E-state index contributed by atoms with van der Waals surface area (Å²) in [5.74, 6) is 3.40. The normalized spacial score (nSPS) is 12.3. The first-order chi connectivity index (χ1) is 29.4. The van der Waals surface area contributed by atoms with Gasteiger partial charge >= 0.3 is 0 Å². The summed E-state index contributed by atoms with van der Waals surface area (Å²) in [4.78, 5) is 42.2. The van der Waals surface area contributed by atoms with Crippen LogP contribution in [0.3, 0.4) is 0 Å². The summed E-state index contributed by atoms with van der Waals surface area (Å²) in [6.45, 7) is 3.91. The van der Waals surface area contributed by atoms with Crippen LogP contribution in [0.2, 0.25) is 10.3 Å². The van der Waals surface area contributed by atoms with Gasteiger partial charge in [0.05, 0.1) is 0 Å². The topological polar surface area (TPSA) is 119 Å². The Morgan fingerprint density at radius 1 is 0.468 bits per heavy atom. The standard InChI is InChI=1S/2C12H10N4.2C11H6ClN2.2Pt/c2*1-15-9-16(10-5-3-2-4-6-10)12-11(15)13-7-8-14-12;2*12-10-6-5-8-7-3-1-2-4-9(7)13-11(8)14-10;;/h2*2-5,7-9H,1H3;2*1-6H;;/q2*-2;2*-1;;. The van der Waals surface area contributed by atoms with Gasteiger partial charge in [-0.15, -0.1) is 24.7 Å². The number of para-hydroxylation sites is 4. The molecule has 16 heteroatoms. The number of anilines is 6. The fourth-order valence-corrected chi connectivity index (χ4v) is 7.02. The Bertz CT molecular complexity index is 2850. The molecule has 0 saturated carbocycles. The smallest absolute Gasteiger partial charge is 0.143 e. The summed E-state index contributed by atoms with van der Waals surface area (Å²) in [6.07, 6.45) is 6.78. The first-order valence-corrected chi connectivity index (χ1v) is 19.4. The summed E-state index contributed by atoms with van der Waals surface area (Å²) >= 11 is 11.6. The molecule has 0 aliphatic carbocycles. The summed E-state index contributed by atoms with van der Waals surface area (Å²) in [5, 5.41) is 5.36. The fourth-order valence-electron chi connectivity index (χ4n) is 6.74. The van der Waals surface area contributed by atoms with E-state index in [1.165, 1.54) is 0 Å². The molecule has 2 aliphatic heterocycles. The maximum Gasteiger partial charge on any atom is 0.143 e. The summed E-state index contributed by atoms with van der Waals surface area (Å²) < 4.78 is 0. The predicted molar refractivity (Wildman–Crippen MR) is 239 cm³/mol. The predicted octanol–water partition coefficient (Wildman–Crippen LogP) is 9.96. The summed E-state index contributed by atoms with van der Waals surface area (Å²) in [6, 6.07) is 45.4. The average molecular weight is 1210 g/mol. The minimum absolute atomic E-state index is 0. The molecule has 12 rings (SSSR count). The molecule has 0 bridgehead atoms. The van der Waals surface area contributed by atoms with Gasteiger partial charge in [-0.05, 0) is 70.1 Å². The van der Waals surface area contributed by atoms with Crippen LogP contribution < -0.4 is 29.6 Å². The second-order valence-electron chi connectivity index (χ2n) is 13.4. The molecule has 10 aromatic rings. The van der Waals surface area contributed by atoms with Crippen LogP contribution in [0.1, 0.15) is 0 Å². The van der Waals surface area contributed by atoms with Crippen LogP contribution in [0.25, 0.3) is 43.9 Å². The van der Waals surface area contributed by atoms with E-state index in [-0.39, 0.29) is 42.1 Å². The number of aromatic nitrogens is 8. The van der Waals surface area contributed by atoms with Crippen LogP contribution in [0.15, 0.2) is 146 Å². The third kappa shape index (κ3) is 9.29. The van der Waals surface area contributed by atoms with Crippen LogP contribution in [-0.2, 0) is 42.1 Å². The van der Waals surface area contributed by atoms with Crippen molar-refractivity contribution in [1.29, 1.82) is 0 Å². The Morgan fingerprint density at radius 2 is 0.855 bits per heavy atom. The Morgan fingerprint density at radius 3 is 1.26 bits per heavy atom. The van der Waals surface area contributed by atoms with E-state index in [0.717, 1.165) is 78.5 Å². The third-order valence-corrected chi connectivity index (χ3v) is 9.87. The van der Waals surface area contributed by atoms with Crippen molar-refractivity contribution in [3.63, 3.8) is 0 Å². The quantitative estimate of drug-likeness (QED) is 0.121. The van der Waals surface area contributed by atoms with Crippen LogP contribution in [-0.4, -0.2) is 44.0 Å². The average Bonchev–Trinajstić information content (AvgIpc) is 4.05. The van der Waals surface area contributed by atoms with Gasteiger partial charge in [0.15, 0.2) is 0 Å². The number of halogens is 2. The molecule has 0 saturated heterocycles. The minimum atomic E-state index is 0. The molecule has 0 fully saturated rings. The molecule has 6 aromatic heterocycles. The number of pyridine rings is 2. The molecule has 0 spiro atoms. The Kier molecular flexibility index (Phi) is 14.1. The van der Waals surface area contributed by atoms with E-state index in [1.54, 1.807) is 36.9 Å². The van der Waals surface area contributed by atoms with Gasteiger partial charge in [0, 0.05) is 77.2 Å².